The first-order valence-electron chi connectivity index (χ1n) is 13.0. The molecule has 3 aromatic rings. The lowest BCUT2D eigenvalue weighted by Gasteiger charge is -2.23. The van der Waals surface area contributed by atoms with Crippen LogP contribution in [0.5, 0.6) is 5.75 Å². The molecule has 3 rings (SSSR count). The number of carboxylic acids is 1. The molecule has 0 saturated carbocycles. The minimum atomic E-state index is -2.20. The summed E-state index contributed by atoms with van der Waals surface area (Å²) >= 11 is 5.83. The second-order valence-corrected chi connectivity index (χ2v) is 9.95. The number of amides is 2. The van der Waals surface area contributed by atoms with Crippen LogP contribution in [0.4, 0.5) is 11.5 Å². The summed E-state index contributed by atoms with van der Waals surface area (Å²) in [7, 11) is 5.04. The molecule has 242 valence electrons. The quantitative estimate of drug-likeness (QED) is 0.103. The molecule has 0 spiro atoms. The van der Waals surface area contributed by atoms with E-state index in [0.29, 0.717) is 39.2 Å². The summed E-state index contributed by atoms with van der Waals surface area (Å²) in [6, 6.07) is 14.6. The monoisotopic (exact) mass is 647 g/mol. The van der Waals surface area contributed by atoms with E-state index in [2.05, 4.69) is 15.6 Å². The second-order valence-electron chi connectivity index (χ2n) is 9.52. The lowest BCUT2D eigenvalue weighted by molar-refractivity contribution is -0.164. The van der Waals surface area contributed by atoms with Gasteiger partial charge in [0.05, 0.1) is 30.0 Å². The van der Waals surface area contributed by atoms with Crippen molar-refractivity contribution in [1.29, 1.82) is 5.41 Å². The molecule has 1 heterocycles. The van der Waals surface area contributed by atoms with E-state index in [-0.39, 0.29) is 5.56 Å². The summed E-state index contributed by atoms with van der Waals surface area (Å²) in [4.78, 5) is 41.5. The Balaban J connectivity index is 0.000000459. The number of rotatable bonds is 11. The van der Waals surface area contributed by atoms with Crippen LogP contribution >= 0.6 is 11.6 Å². The molecule has 0 unspecified atom stereocenters. The molecule has 0 aliphatic rings. The molecule has 0 bridgehead atoms. The van der Waals surface area contributed by atoms with Crippen LogP contribution in [0, 0.1) is 5.41 Å². The van der Waals surface area contributed by atoms with Crippen molar-refractivity contribution in [3.8, 4) is 5.75 Å². The lowest BCUT2D eigenvalue weighted by Crippen LogP contribution is -2.48. The van der Waals surface area contributed by atoms with E-state index >= 15 is 0 Å². The molecule has 0 aliphatic carbocycles. The number of anilines is 2. The van der Waals surface area contributed by atoms with Crippen LogP contribution in [0.15, 0.2) is 60.8 Å². The first-order chi connectivity index (χ1) is 21.2. The maximum absolute atomic E-state index is 12.9. The standard InChI is InChI=1S/C23H22ClN5O3.C6H12O7/c1-29(2)21(25)14-4-6-15(7-5-14)22(30)27-19-10-9-17(32-3)12-18(19)23(31)28-20-11-8-16(24)13-26-20;7-1-2(8)3(9)4(10)5(11)6(12)13/h4-13,25H,1-3H3,(H,27,30)(H,26,28,31);2-5,7-11H,1H2,(H,12,13)/t;2-,3+,4+,5+/m.0/s1. The average Bonchev–Trinajstić information content (AvgIpc) is 3.04. The summed E-state index contributed by atoms with van der Waals surface area (Å²) in [6.07, 6.45) is -6.42. The van der Waals surface area contributed by atoms with Gasteiger partial charge in [-0.15, -0.1) is 0 Å². The van der Waals surface area contributed by atoms with Crippen molar-refractivity contribution >= 4 is 46.7 Å². The number of methoxy groups -OCH3 is 1. The predicted molar refractivity (Wildman–Crippen MR) is 164 cm³/mol. The Kier molecular flexibility index (Phi) is 13.8. The molecule has 0 aliphatic heterocycles. The number of pyridine rings is 1. The van der Waals surface area contributed by atoms with Gasteiger partial charge in [0, 0.05) is 31.4 Å². The fourth-order valence-corrected chi connectivity index (χ4v) is 3.59. The average molecular weight is 648 g/mol. The molecule has 45 heavy (non-hydrogen) atoms. The SMILES string of the molecule is COc1ccc(NC(=O)c2ccc(C(=N)N(C)C)cc2)c(C(=O)Nc2ccc(Cl)cn2)c1.O=C(O)[C@H](O)[C@H](O)[C@H](O)[C@@H](O)CO. The highest BCUT2D eigenvalue weighted by Gasteiger charge is 2.33. The van der Waals surface area contributed by atoms with E-state index in [1.807, 2.05) is 0 Å². The zero-order valence-electron chi connectivity index (χ0n) is 24.4. The van der Waals surface area contributed by atoms with Gasteiger partial charge in [-0.3, -0.25) is 15.0 Å². The van der Waals surface area contributed by atoms with Crippen molar-refractivity contribution < 1.29 is 49.8 Å². The van der Waals surface area contributed by atoms with Crippen LogP contribution in [0.3, 0.4) is 0 Å². The summed E-state index contributed by atoms with van der Waals surface area (Å²) < 4.78 is 5.22. The fraction of sp³-hybridized carbons (Fsp3) is 0.276. The highest BCUT2D eigenvalue weighted by molar-refractivity contribution is 6.30. The number of aliphatic carboxylic acids is 1. The van der Waals surface area contributed by atoms with Crippen molar-refractivity contribution in [3.05, 3.63) is 82.5 Å². The normalized spacial score (nSPS) is 13.2. The van der Waals surface area contributed by atoms with Gasteiger partial charge in [-0.1, -0.05) is 23.7 Å². The molecule has 16 heteroatoms. The van der Waals surface area contributed by atoms with Gasteiger partial charge in [0.15, 0.2) is 6.10 Å². The largest absolute Gasteiger partial charge is 0.497 e. The third-order valence-electron chi connectivity index (χ3n) is 6.06. The Morgan fingerprint density at radius 2 is 1.56 bits per heavy atom. The van der Waals surface area contributed by atoms with Crippen LogP contribution in [-0.4, -0.2) is 116 Å². The number of ether oxygens (including phenoxy) is 1. The van der Waals surface area contributed by atoms with Crippen molar-refractivity contribution in [1.82, 2.24) is 9.88 Å². The van der Waals surface area contributed by atoms with E-state index in [4.69, 9.17) is 52.4 Å². The number of benzene rings is 2. The maximum atomic E-state index is 12.9. The van der Waals surface area contributed by atoms with Gasteiger partial charge in [-0.2, -0.15) is 0 Å². The summed E-state index contributed by atoms with van der Waals surface area (Å²) in [5.41, 5.74) is 1.60. The number of aromatic nitrogens is 1. The van der Waals surface area contributed by atoms with Crippen molar-refractivity contribution in [2.75, 3.05) is 38.4 Å². The van der Waals surface area contributed by atoms with E-state index in [9.17, 15) is 14.4 Å². The van der Waals surface area contributed by atoms with Gasteiger partial charge >= 0.3 is 5.97 Å². The van der Waals surface area contributed by atoms with Crippen LogP contribution in [0.2, 0.25) is 5.02 Å². The summed E-state index contributed by atoms with van der Waals surface area (Å²) in [6.45, 7) is -0.843. The Morgan fingerprint density at radius 1 is 0.933 bits per heavy atom. The zero-order valence-corrected chi connectivity index (χ0v) is 25.1. The smallest absolute Gasteiger partial charge is 0.335 e. The number of aliphatic hydroxyl groups is 5. The highest BCUT2D eigenvalue weighted by Crippen LogP contribution is 2.24. The molecular weight excluding hydrogens is 614 g/mol. The number of amidine groups is 1. The number of nitrogens with zero attached hydrogens (tertiary/aromatic N) is 2. The Labute approximate surface area is 262 Å². The minimum Gasteiger partial charge on any atom is -0.497 e. The zero-order chi connectivity index (χ0) is 33.8. The first-order valence-corrected chi connectivity index (χ1v) is 13.4. The van der Waals surface area contributed by atoms with E-state index in [0.717, 1.165) is 0 Å². The van der Waals surface area contributed by atoms with E-state index < -0.39 is 48.8 Å². The second kappa shape index (κ2) is 17.0. The molecule has 0 fully saturated rings. The Bertz CT molecular complexity index is 1470. The van der Waals surface area contributed by atoms with Crippen LogP contribution in [-0.2, 0) is 4.79 Å². The number of hydrogen-bond donors (Lipinski definition) is 9. The molecule has 4 atom stereocenters. The van der Waals surface area contributed by atoms with Crippen molar-refractivity contribution in [3.63, 3.8) is 0 Å². The van der Waals surface area contributed by atoms with Crippen LogP contribution in [0.25, 0.3) is 0 Å². The Morgan fingerprint density at radius 3 is 2.07 bits per heavy atom. The van der Waals surface area contributed by atoms with E-state index in [1.165, 1.54) is 19.4 Å². The maximum Gasteiger partial charge on any atom is 0.335 e. The third-order valence-corrected chi connectivity index (χ3v) is 6.29. The predicted octanol–water partition coefficient (Wildman–Crippen LogP) is 0.642. The van der Waals surface area contributed by atoms with Crippen molar-refractivity contribution in [2.24, 2.45) is 0 Å². The lowest BCUT2D eigenvalue weighted by atomic mass is 10.0. The number of aliphatic hydroxyl groups excluding tert-OH is 5. The number of carboxylic acid groups (broad SMARTS) is 1. The number of carbonyl (C=O) groups excluding carboxylic acids is 2. The fourth-order valence-electron chi connectivity index (χ4n) is 3.48. The van der Waals surface area contributed by atoms with E-state index in [1.54, 1.807) is 67.5 Å². The number of halogens is 1. The first kappa shape index (κ1) is 36.6. The van der Waals surface area contributed by atoms with Crippen LogP contribution in [0.1, 0.15) is 26.3 Å². The number of hydrogen-bond acceptors (Lipinski definition) is 11. The van der Waals surface area contributed by atoms with Gasteiger partial charge in [0.2, 0.25) is 0 Å². The molecular formula is C29H34ClN5O10. The highest BCUT2D eigenvalue weighted by atomic mass is 35.5. The molecule has 1 aromatic heterocycles. The van der Waals surface area contributed by atoms with Gasteiger partial charge in [0.1, 0.15) is 35.7 Å². The molecule has 0 saturated heterocycles. The molecule has 0 radical (unpaired) electrons. The molecule has 15 nitrogen and oxygen atoms in total. The minimum absolute atomic E-state index is 0.209. The summed E-state index contributed by atoms with van der Waals surface area (Å²) in [5.74, 6) is -1.47. The van der Waals surface area contributed by atoms with Gasteiger partial charge in [0.25, 0.3) is 11.8 Å². The van der Waals surface area contributed by atoms with Crippen LogP contribution < -0.4 is 15.4 Å². The topological polar surface area (TPSA) is 246 Å². The third kappa shape index (κ3) is 10.5. The van der Waals surface area contributed by atoms with Gasteiger partial charge < -0.3 is 50.9 Å². The van der Waals surface area contributed by atoms with Gasteiger partial charge in [-0.05, 0) is 42.5 Å². The van der Waals surface area contributed by atoms with Crippen molar-refractivity contribution in [2.45, 2.75) is 24.4 Å². The number of carbonyl (C=O) groups is 3. The number of nitrogens with one attached hydrogen (secondary N) is 3. The summed E-state index contributed by atoms with van der Waals surface area (Å²) in [5, 5.41) is 65.7. The molecule has 9 N–H and O–H groups in total. The van der Waals surface area contributed by atoms with Gasteiger partial charge in [-0.25, -0.2) is 9.78 Å². The molecule has 2 amide bonds. The molecule has 2 aromatic carbocycles. The Hall–Kier alpha value is -4.64.